The molecule has 0 atom stereocenters. The van der Waals surface area contributed by atoms with E-state index < -0.39 is 10.0 Å². The first-order valence-electron chi connectivity index (χ1n) is 12.1. The summed E-state index contributed by atoms with van der Waals surface area (Å²) >= 11 is 0. The van der Waals surface area contributed by atoms with Gasteiger partial charge in [0.1, 0.15) is 4.90 Å². The molecule has 1 heterocycles. The smallest absolute Gasteiger partial charge is 0.285 e. The van der Waals surface area contributed by atoms with Gasteiger partial charge in [0.2, 0.25) is 5.91 Å². The Bertz CT molecular complexity index is 1630. The Labute approximate surface area is 216 Å². The van der Waals surface area contributed by atoms with Crippen molar-refractivity contribution in [3.63, 3.8) is 0 Å². The van der Waals surface area contributed by atoms with Gasteiger partial charge in [-0.15, -0.1) is 4.40 Å². The highest BCUT2D eigenvalue weighted by Gasteiger charge is 2.32. The van der Waals surface area contributed by atoms with Crippen LogP contribution >= 0.6 is 0 Å². The van der Waals surface area contributed by atoms with Crippen LogP contribution in [-0.4, -0.2) is 43.5 Å². The zero-order valence-corrected chi connectivity index (χ0v) is 21.8. The maximum atomic E-state index is 12.8. The molecular weight excluding hydrogens is 484 g/mol. The number of nitrogens with one attached hydrogen (secondary N) is 1. The third kappa shape index (κ3) is 5.11. The molecule has 4 aromatic carbocycles. The average Bonchev–Trinajstić information content (AvgIpc) is 3.13. The predicted octanol–water partition coefficient (Wildman–Crippen LogP) is 5.08. The first-order chi connectivity index (χ1) is 17.6. The van der Waals surface area contributed by atoms with Gasteiger partial charge >= 0.3 is 0 Å². The molecule has 37 heavy (non-hydrogen) atoms. The molecule has 0 aliphatic carbocycles. The van der Waals surface area contributed by atoms with E-state index in [-0.39, 0.29) is 35.1 Å². The minimum absolute atomic E-state index is 0.117. The highest BCUT2D eigenvalue weighted by Crippen LogP contribution is 2.29. The molecule has 0 unspecified atom stereocenters. The summed E-state index contributed by atoms with van der Waals surface area (Å²) in [5.74, 6) is 0.0537. The molecule has 8 heteroatoms. The summed E-state index contributed by atoms with van der Waals surface area (Å²) in [5, 5.41) is 13.4. The summed E-state index contributed by atoms with van der Waals surface area (Å²) in [4.78, 5) is 12.8. The fourth-order valence-corrected chi connectivity index (χ4v) is 5.70. The van der Waals surface area contributed by atoms with Gasteiger partial charge in [-0.2, -0.15) is 13.5 Å². The van der Waals surface area contributed by atoms with Crippen molar-refractivity contribution in [1.29, 1.82) is 0 Å². The van der Waals surface area contributed by atoms with Crippen molar-refractivity contribution in [2.45, 2.75) is 37.6 Å². The molecule has 1 N–H and O–H groups in total. The minimum Gasteiger partial charge on any atom is -0.351 e. The van der Waals surface area contributed by atoms with Crippen LogP contribution in [0.5, 0.6) is 0 Å². The fourth-order valence-electron chi connectivity index (χ4n) is 4.50. The van der Waals surface area contributed by atoms with Crippen LogP contribution in [0.1, 0.15) is 38.3 Å². The number of carbonyl (C=O) groups is 1. The number of carbonyl (C=O) groups excluding carboxylic acids is 1. The largest absolute Gasteiger partial charge is 0.351 e. The molecule has 1 amide bonds. The molecule has 0 bridgehead atoms. The number of hydrazone groups is 1. The van der Waals surface area contributed by atoms with Crippen LogP contribution in [-0.2, 0) is 14.8 Å². The van der Waals surface area contributed by atoms with E-state index in [0.717, 1.165) is 27.1 Å². The van der Waals surface area contributed by atoms with E-state index >= 15 is 0 Å². The van der Waals surface area contributed by atoms with Crippen LogP contribution in [0.2, 0.25) is 0 Å². The van der Waals surface area contributed by atoms with E-state index in [4.69, 9.17) is 5.10 Å². The van der Waals surface area contributed by atoms with Crippen LogP contribution < -0.4 is 5.32 Å². The molecule has 0 saturated heterocycles. The zero-order valence-electron chi connectivity index (χ0n) is 21.0. The Morgan fingerprint density at radius 3 is 2.19 bits per heavy atom. The molecule has 0 fully saturated rings. The zero-order chi connectivity index (χ0) is 26.2. The number of benzene rings is 4. The number of sulfonamides is 1. The third-order valence-electron chi connectivity index (χ3n) is 6.06. The van der Waals surface area contributed by atoms with Crippen molar-refractivity contribution in [3.8, 4) is 0 Å². The Balaban J connectivity index is 1.59. The molecule has 4 aromatic rings. The minimum atomic E-state index is -3.85. The lowest BCUT2D eigenvalue weighted by molar-refractivity contribution is -0.122. The Morgan fingerprint density at radius 2 is 1.54 bits per heavy atom. The van der Waals surface area contributed by atoms with Crippen molar-refractivity contribution < 1.29 is 13.2 Å². The van der Waals surface area contributed by atoms with Gasteiger partial charge in [-0.1, -0.05) is 60.7 Å². The summed E-state index contributed by atoms with van der Waals surface area (Å²) in [6.45, 7) is 5.90. The molecule has 0 aromatic heterocycles. The number of hydrogen-bond acceptors (Lipinski definition) is 5. The molecule has 188 valence electrons. The normalized spacial score (nSPS) is 14.6. The highest BCUT2D eigenvalue weighted by atomic mass is 32.2. The van der Waals surface area contributed by atoms with Crippen LogP contribution in [0.4, 0.5) is 0 Å². The molecule has 5 rings (SSSR count). The van der Waals surface area contributed by atoms with Crippen molar-refractivity contribution in [3.05, 3.63) is 90.0 Å². The SMILES string of the molecule is CC(C)(C)NC(=O)CCN(/N=C/c1c2ccccc2cc2ccccc12)C1=NS(=O)(=O)c2ccccc21. The monoisotopic (exact) mass is 512 g/mol. The maximum Gasteiger partial charge on any atom is 0.285 e. The van der Waals surface area contributed by atoms with Gasteiger partial charge < -0.3 is 5.32 Å². The number of rotatable bonds is 5. The maximum absolute atomic E-state index is 12.8. The second kappa shape index (κ2) is 9.44. The predicted molar refractivity (Wildman–Crippen MR) is 148 cm³/mol. The fraction of sp³-hybridized carbons (Fsp3) is 0.207. The van der Waals surface area contributed by atoms with Gasteiger partial charge in [0, 0.05) is 23.1 Å². The van der Waals surface area contributed by atoms with Crippen LogP contribution in [0.25, 0.3) is 21.5 Å². The van der Waals surface area contributed by atoms with Crippen molar-refractivity contribution in [2.75, 3.05) is 6.54 Å². The molecular formula is C29H28N4O3S. The van der Waals surface area contributed by atoms with E-state index in [1.165, 1.54) is 11.1 Å². The van der Waals surface area contributed by atoms with Gasteiger partial charge in [0.15, 0.2) is 5.84 Å². The lowest BCUT2D eigenvalue weighted by Crippen LogP contribution is -2.42. The van der Waals surface area contributed by atoms with Crippen LogP contribution in [0.15, 0.2) is 93.3 Å². The topological polar surface area (TPSA) is 91.2 Å². The molecule has 0 radical (unpaired) electrons. The van der Waals surface area contributed by atoms with E-state index in [2.05, 4.69) is 27.9 Å². The lowest BCUT2D eigenvalue weighted by atomic mass is 9.97. The van der Waals surface area contributed by atoms with Crippen LogP contribution in [0.3, 0.4) is 0 Å². The van der Waals surface area contributed by atoms with Crippen molar-refractivity contribution >= 4 is 49.5 Å². The van der Waals surface area contributed by atoms with Gasteiger partial charge in [0.25, 0.3) is 10.0 Å². The second-order valence-corrected chi connectivity index (χ2v) is 11.6. The lowest BCUT2D eigenvalue weighted by Gasteiger charge is -2.23. The summed E-state index contributed by atoms with van der Waals surface area (Å²) in [6, 6.07) is 24.9. The Kier molecular flexibility index (Phi) is 6.29. The number of nitrogens with zero attached hydrogens (tertiary/aromatic N) is 3. The molecule has 7 nitrogen and oxygen atoms in total. The van der Waals surface area contributed by atoms with E-state index in [1.54, 1.807) is 24.4 Å². The standard InChI is InChI=1S/C29H28N4O3S/c1-29(2,3)31-27(34)16-17-33(28-24-14-8-9-15-26(24)37(35,36)32-28)30-19-25-22-12-6-4-10-20(22)18-21-11-5-7-13-23(21)25/h4-15,18-19H,16-17H2,1-3H3,(H,31,34)/b30-19+. The van der Waals surface area contributed by atoms with E-state index in [1.807, 2.05) is 57.2 Å². The summed E-state index contributed by atoms with van der Waals surface area (Å²) in [5.41, 5.74) is 1.000. The van der Waals surface area contributed by atoms with Gasteiger partial charge in [-0.25, -0.2) is 5.01 Å². The third-order valence-corrected chi connectivity index (χ3v) is 7.39. The number of amides is 1. The first kappa shape index (κ1) is 24.6. The number of hydrogen-bond donors (Lipinski definition) is 1. The second-order valence-electron chi connectivity index (χ2n) is 10.0. The van der Waals surface area contributed by atoms with Gasteiger partial charge in [0.05, 0.1) is 12.8 Å². The Hall–Kier alpha value is -4.04. The summed E-state index contributed by atoms with van der Waals surface area (Å²) in [6.07, 6.45) is 1.86. The average molecular weight is 513 g/mol. The molecule has 0 spiro atoms. The van der Waals surface area contributed by atoms with Crippen molar-refractivity contribution in [1.82, 2.24) is 10.3 Å². The molecule has 0 saturated carbocycles. The van der Waals surface area contributed by atoms with Crippen LogP contribution in [0, 0.1) is 0 Å². The van der Waals surface area contributed by atoms with Gasteiger partial charge in [-0.3, -0.25) is 4.79 Å². The van der Waals surface area contributed by atoms with Gasteiger partial charge in [-0.05, 0) is 60.5 Å². The summed E-state index contributed by atoms with van der Waals surface area (Å²) < 4.78 is 29.6. The first-order valence-corrected chi connectivity index (χ1v) is 13.5. The molecule has 1 aliphatic rings. The van der Waals surface area contributed by atoms with E-state index in [0.29, 0.717) is 5.56 Å². The number of fused-ring (bicyclic) bond motifs is 3. The van der Waals surface area contributed by atoms with Crippen molar-refractivity contribution in [2.24, 2.45) is 9.50 Å². The summed E-state index contributed by atoms with van der Waals surface area (Å²) in [7, 11) is -3.85. The Morgan fingerprint density at radius 1 is 0.946 bits per heavy atom. The molecule has 1 aliphatic heterocycles. The quantitative estimate of drug-likeness (QED) is 0.229. The highest BCUT2D eigenvalue weighted by molar-refractivity contribution is 7.90. The van der Waals surface area contributed by atoms with E-state index in [9.17, 15) is 13.2 Å². The number of amidine groups is 1.